The fraction of sp³-hybridized carbons (Fsp3) is 0.143. The summed E-state index contributed by atoms with van der Waals surface area (Å²) in [4.78, 5) is 19.6. The third kappa shape index (κ3) is 4.26. The van der Waals surface area contributed by atoms with Crippen molar-refractivity contribution in [3.05, 3.63) is 99.7 Å². The second-order valence-electron chi connectivity index (χ2n) is 8.31. The van der Waals surface area contributed by atoms with E-state index < -0.39 is 5.97 Å². The standard InChI is InChI=1S/C28H21N3O3S/c32-28(33-17-24-30-31-27(34-24)18-8-2-1-3-9-18)25-21-12-4-5-14-23(21)29-26-19(10-6-13-22(25)26)16-20-11-7-15-35-20/h1-5,7-9,11-12,14-16H,6,10,13,17H2/b19-16+. The molecule has 1 aliphatic rings. The molecule has 0 spiro atoms. The van der Waals surface area contributed by atoms with E-state index in [4.69, 9.17) is 14.1 Å². The Morgan fingerprint density at radius 2 is 1.86 bits per heavy atom. The molecule has 0 bridgehead atoms. The molecule has 3 heterocycles. The lowest BCUT2D eigenvalue weighted by Gasteiger charge is -2.22. The van der Waals surface area contributed by atoms with Crippen LogP contribution in [0.15, 0.2) is 76.5 Å². The summed E-state index contributed by atoms with van der Waals surface area (Å²) in [5, 5.41) is 11.0. The first-order valence-electron chi connectivity index (χ1n) is 11.5. The molecular weight excluding hydrogens is 458 g/mol. The SMILES string of the molecule is O=C(OCc1nnc(-c2ccccc2)o1)c1c2c(nc3ccccc13)/C(=C/c1cccs1)CCC2. The van der Waals surface area contributed by atoms with Crippen molar-refractivity contribution in [1.82, 2.24) is 15.2 Å². The van der Waals surface area contributed by atoms with Crippen molar-refractivity contribution < 1.29 is 13.9 Å². The van der Waals surface area contributed by atoms with Crippen molar-refractivity contribution >= 4 is 39.9 Å². The van der Waals surface area contributed by atoms with Crippen LogP contribution in [0, 0.1) is 0 Å². The van der Waals surface area contributed by atoms with E-state index in [9.17, 15) is 4.79 Å². The van der Waals surface area contributed by atoms with Gasteiger partial charge in [-0.3, -0.25) is 0 Å². The Labute approximate surface area is 205 Å². The van der Waals surface area contributed by atoms with Crippen molar-refractivity contribution in [3.63, 3.8) is 0 Å². The summed E-state index contributed by atoms with van der Waals surface area (Å²) in [5.41, 5.74) is 5.15. The molecule has 0 unspecified atom stereocenters. The Balaban J connectivity index is 1.34. The number of hydrogen-bond donors (Lipinski definition) is 0. The topological polar surface area (TPSA) is 78.1 Å². The van der Waals surface area contributed by atoms with E-state index in [-0.39, 0.29) is 12.5 Å². The molecule has 0 fully saturated rings. The maximum atomic E-state index is 13.4. The first-order valence-corrected chi connectivity index (χ1v) is 12.4. The molecule has 0 N–H and O–H groups in total. The van der Waals surface area contributed by atoms with Crippen molar-refractivity contribution in [2.45, 2.75) is 25.9 Å². The van der Waals surface area contributed by atoms with E-state index in [2.05, 4.69) is 27.7 Å². The van der Waals surface area contributed by atoms with Crippen molar-refractivity contribution in [1.29, 1.82) is 0 Å². The number of carbonyl (C=O) groups excluding carboxylic acids is 1. The van der Waals surface area contributed by atoms with Crippen LogP contribution in [0.1, 0.15) is 45.2 Å². The maximum absolute atomic E-state index is 13.4. The lowest BCUT2D eigenvalue weighted by Crippen LogP contribution is -2.15. The quantitative estimate of drug-likeness (QED) is 0.265. The molecule has 0 saturated carbocycles. The number of benzene rings is 2. The van der Waals surface area contributed by atoms with Crippen LogP contribution in [0.5, 0.6) is 0 Å². The van der Waals surface area contributed by atoms with Gasteiger partial charge in [-0.05, 0) is 66.1 Å². The highest BCUT2D eigenvalue weighted by molar-refractivity contribution is 7.10. The average Bonchev–Trinajstić information content (AvgIpc) is 3.59. The van der Waals surface area contributed by atoms with E-state index in [1.165, 1.54) is 4.88 Å². The monoisotopic (exact) mass is 479 g/mol. The van der Waals surface area contributed by atoms with Gasteiger partial charge in [-0.2, -0.15) is 0 Å². The van der Waals surface area contributed by atoms with Crippen LogP contribution in [0.25, 0.3) is 34.0 Å². The van der Waals surface area contributed by atoms with Crippen molar-refractivity contribution in [2.24, 2.45) is 0 Å². The number of allylic oxidation sites excluding steroid dienone is 1. The molecule has 35 heavy (non-hydrogen) atoms. The van der Waals surface area contributed by atoms with Gasteiger partial charge in [0.2, 0.25) is 5.89 Å². The van der Waals surface area contributed by atoms with Crippen LogP contribution in [-0.2, 0) is 17.8 Å². The Hall–Kier alpha value is -4.10. The lowest BCUT2D eigenvalue weighted by atomic mass is 9.86. The second kappa shape index (κ2) is 9.27. The average molecular weight is 480 g/mol. The van der Waals surface area contributed by atoms with E-state index in [1.807, 2.05) is 60.7 Å². The summed E-state index contributed by atoms with van der Waals surface area (Å²) < 4.78 is 11.4. The molecule has 3 aromatic heterocycles. The molecule has 0 aliphatic heterocycles. The summed E-state index contributed by atoms with van der Waals surface area (Å²) in [6.07, 6.45) is 4.84. The zero-order valence-electron chi connectivity index (χ0n) is 18.8. The molecule has 7 heteroatoms. The van der Waals surface area contributed by atoms with Gasteiger partial charge in [0.05, 0.1) is 16.8 Å². The number of nitrogens with zero attached hydrogens (tertiary/aromatic N) is 3. The smallest absolute Gasteiger partial charge is 0.339 e. The number of rotatable bonds is 5. The third-order valence-corrected chi connectivity index (χ3v) is 6.87. The van der Waals surface area contributed by atoms with Gasteiger partial charge in [0, 0.05) is 15.8 Å². The summed E-state index contributed by atoms with van der Waals surface area (Å²) in [7, 11) is 0. The van der Waals surface area contributed by atoms with Crippen LogP contribution in [0.4, 0.5) is 0 Å². The molecule has 5 aromatic rings. The molecule has 0 saturated heterocycles. The van der Waals surface area contributed by atoms with Gasteiger partial charge in [0.15, 0.2) is 6.61 Å². The number of ether oxygens (including phenoxy) is 1. The Bertz CT molecular complexity index is 1540. The molecule has 172 valence electrons. The molecule has 1 aliphatic carbocycles. The first-order chi connectivity index (χ1) is 17.3. The number of fused-ring (bicyclic) bond motifs is 2. The Kier molecular flexibility index (Phi) is 5.68. The molecule has 6 rings (SSSR count). The van der Waals surface area contributed by atoms with Crippen molar-refractivity contribution in [2.75, 3.05) is 0 Å². The van der Waals surface area contributed by atoms with Gasteiger partial charge in [-0.1, -0.05) is 42.5 Å². The van der Waals surface area contributed by atoms with Gasteiger partial charge < -0.3 is 9.15 Å². The second-order valence-corrected chi connectivity index (χ2v) is 9.29. The lowest BCUT2D eigenvalue weighted by molar-refractivity contribution is 0.0439. The zero-order chi connectivity index (χ0) is 23.6. The predicted molar refractivity (Wildman–Crippen MR) is 136 cm³/mol. The predicted octanol–water partition coefficient (Wildman–Crippen LogP) is 6.58. The van der Waals surface area contributed by atoms with Gasteiger partial charge in [0.25, 0.3) is 5.89 Å². The van der Waals surface area contributed by atoms with Crippen LogP contribution in [0.3, 0.4) is 0 Å². The molecule has 0 atom stereocenters. The van der Waals surface area contributed by atoms with Crippen LogP contribution in [0.2, 0.25) is 0 Å². The van der Waals surface area contributed by atoms with E-state index in [0.29, 0.717) is 11.5 Å². The number of para-hydroxylation sites is 1. The minimum atomic E-state index is -0.406. The van der Waals surface area contributed by atoms with Gasteiger partial charge in [-0.25, -0.2) is 9.78 Å². The number of carbonyl (C=O) groups is 1. The zero-order valence-corrected chi connectivity index (χ0v) is 19.6. The molecular formula is C28H21N3O3S. The highest BCUT2D eigenvalue weighted by Gasteiger charge is 2.26. The summed E-state index contributed by atoms with van der Waals surface area (Å²) in [6.45, 7) is -0.0953. The Morgan fingerprint density at radius 3 is 2.71 bits per heavy atom. The minimum absolute atomic E-state index is 0.0953. The maximum Gasteiger partial charge on any atom is 0.339 e. The Morgan fingerprint density at radius 1 is 1.00 bits per heavy atom. The fourth-order valence-electron chi connectivity index (χ4n) is 4.46. The van der Waals surface area contributed by atoms with Gasteiger partial charge in [0.1, 0.15) is 0 Å². The first kappa shape index (κ1) is 21.4. The molecule has 0 radical (unpaired) electrons. The fourth-order valence-corrected chi connectivity index (χ4v) is 5.14. The summed E-state index contributed by atoms with van der Waals surface area (Å²) in [5.74, 6) is 0.242. The largest absolute Gasteiger partial charge is 0.452 e. The highest BCUT2D eigenvalue weighted by Crippen LogP contribution is 2.37. The number of pyridine rings is 1. The third-order valence-electron chi connectivity index (χ3n) is 6.05. The van der Waals surface area contributed by atoms with Gasteiger partial charge in [-0.15, -0.1) is 21.5 Å². The van der Waals surface area contributed by atoms with Crippen molar-refractivity contribution in [3.8, 4) is 11.5 Å². The van der Waals surface area contributed by atoms with Crippen LogP contribution < -0.4 is 0 Å². The summed E-state index contributed by atoms with van der Waals surface area (Å²) >= 11 is 1.69. The summed E-state index contributed by atoms with van der Waals surface area (Å²) in [6, 6.07) is 21.4. The molecule has 0 amide bonds. The normalized spacial score (nSPS) is 14.2. The minimum Gasteiger partial charge on any atom is -0.452 e. The molecule has 2 aromatic carbocycles. The number of hydrogen-bond acceptors (Lipinski definition) is 7. The van der Waals surface area contributed by atoms with E-state index in [1.54, 1.807) is 11.3 Å². The van der Waals surface area contributed by atoms with E-state index >= 15 is 0 Å². The van der Waals surface area contributed by atoms with Gasteiger partial charge >= 0.3 is 5.97 Å². The number of esters is 1. The highest BCUT2D eigenvalue weighted by atomic mass is 32.1. The number of aromatic nitrogens is 3. The number of thiophene rings is 1. The van der Waals surface area contributed by atoms with Crippen LogP contribution >= 0.6 is 11.3 Å². The van der Waals surface area contributed by atoms with Crippen LogP contribution in [-0.4, -0.2) is 21.2 Å². The van der Waals surface area contributed by atoms with E-state index in [0.717, 1.165) is 52.6 Å². The molecule has 6 nitrogen and oxygen atoms in total.